The van der Waals surface area contributed by atoms with Gasteiger partial charge in [0.2, 0.25) is 11.8 Å². The number of hydrogen-bond acceptors (Lipinski definition) is 4. The lowest BCUT2D eigenvalue weighted by Crippen LogP contribution is -2.51. The largest absolute Gasteiger partial charge is 0.474 e. The second-order valence-electron chi connectivity index (χ2n) is 7.35. The first-order valence-corrected chi connectivity index (χ1v) is 9.09. The maximum atomic E-state index is 12.2. The van der Waals surface area contributed by atoms with Crippen LogP contribution in [-0.2, 0) is 11.3 Å². The molecule has 1 atom stereocenters. The normalized spacial score (nSPS) is 23.3. The van der Waals surface area contributed by atoms with Crippen molar-refractivity contribution in [3.63, 3.8) is 0 Å². The molecule has 3 N–H and O–H groups in total. The van der Waals surface area contributed by atoms with E-state index in [1.807, 2.05) is 19.1 Å². The predicted octanol–water partition coefficient (Wildman–Crippen LogP) is 3.17. The monoisotopic (exact) mass is 333 g/mol. The third-order valence-corrected chi connectivity index (χ3v) is 4.79. The van der Waals surface area contributed by atoms with Crippen LogP contribution in [0.5, 0.6) is 5.88 Å². The van der Waals surface area contributed by atoms with Crippen LogP contribution in [0.1, 0.15) is 64.9 Å². The number of carbonyl (C=O) groups excluding carboxylic acids is 1. The van der Waals surface area contributed by atoms with E-state index in [0.29, 0.717) is 18.8 Å². The minimum absolute atomic E-state index is 0.120. The Balaban J connectivity index is 1.87. The minimum atomic E-state index is -0.820. The van der Waals surface area contributed by atoms with Gasteiger partial charge in [0, 0.05) is 18.8 Å². The summed E-state index contributed by atoms with van der Waals surface area (Å²) in [4.78, 5) is 16.5. The number of rotatable bonds is 7. The van der Waals surface area contributed by atoms with Crippen LogP contribution >= 0.6 is 0 Å². The molecular formula is C19H31N3O2. The number of amides is 1. The van der Waals surface area contributed by atoms with Gasteiger partial charge in [-0.15, -0.1) is 0 Å². The lowest BCUT2D eigenvalue weighted by atomic mass is 9.89. The van der Waals surface area contributed by atoms with Crippen LogP contribution in [0.3, 0.4) is 0 Å². The fourth-order valence-electron chi connectivity index (χ4n) is 3.16. The van der Waals surface area contributed by atoms with Crippen LogP contribution in [0, 0.1) is 5.92 Å². The summed E-state index contributed by atoms with van der Waals surface area (Å²) in [6.07, 6.45) is 8.15. The maximum absolute atomic E-state index is 12.2. The molecule has 0 aliphatic heterocycles. The van der Waals surface area contributed by atoms with E-state index >= 15 is 0 Å². The van der Waals surface area contributed by atoms with E-state index in [-0.39, 0.29) is 12.0 Å². The predicted molar refractivity (Wildman–Crippen MR) is 95.6 cm³/mol. The minimum Gasteiger partial charge on any atom is -0.474 e. The molecule has 1 aliphatic carbocycles. The molecule has 1 aromatic rings. The molecule has 1 amide bonds. The van der Waals surface area contributed by atoms with Gasteiger partial charge in [-0.2, -0.15) is 0 Å². The molecule has 1 unspecified atom stereocenters. The zero-order chi connectivity index (χ0) is 17.6. The van der Waals surface area contributed by atoms with E-state index in [4.69, 9.17) is 10.5 Å². The summed E-state index contributed by atoms with van der Waals surface area (Å²) in [5.41, 5.74) is 6.21. The molecule has 5 heteroatoms. The van der Waals surface area contributed by atoms with Crippen molar-refractivity contribution in [2.24, 2.45) is 11.7 Å². The van der Waals surface area contributed by atoms with Gasteiger partial charge in [-0.05, 0) is 56.6 Å². The van der Waals surface area contributed by atoms with Gasteiger partial charge in [0.15, 0.2) is 0 Å². The van der Waals surface area contributed by atoms with Crippen LogP contribution in [-0.4, -0.2) is 22.5 Å². The van der Waals surface area contributed by atoms with Crippen molar-refractivity contribution < 1.29 is 9.53 Å². The highest BCUT2D eigenvalue weighted by Gasteiger charge is 2.26. The Morgan fingerprint density at radius 2 is 2.12 bits per heavy atom. The fraction of sp³-hybridized carbons (Fsp3) is 0.684. The zero-order valence-electron chi connectivity index (χ0n) is 15.2. The van der Waals surface area contributed by atoms with E-state index in [2.05, 4.69) is 17.2 Å². The van der Waals surface area contributed by atoms with Gasteiger partial charge in [0.05, 0.1) is 5.54 Å². The molecule has 0 bridgehead atoms. The lowest BCUT2D eigenvalue weighted by Gasteiger charge is -2.26. The molecule has 1 fully saturated rings. The van der Waals surface area contributed by atoms with Crippen LogP contribution in [0.25, 0.3) is 0 Å². The van der Waals surface area contributed by atoms with Gasteiger partial charge in [-0.3, -0.25) is 4.79 Å². The average Bonchev–Trinajstić information content (AvgIpc) is 2.55. The number of ether oxygens (including phenoxy) is 1. The summed E-state index contributed by atoms with van der Waals surface area (Å²) in [6.45, 7) is 6.53. The van der Waals surface area contributed by atoms with Crippen molar-refractivity contribution in [1.29, 1.82) is 0 Å². The third-order valence-electron chi connectivity index (χ3n) is 4.79. The van der Waals surface area contributed by atoms with Gasteiger partial charge < -0.3 is 15.8 Å². The molecule has 0 spiro atoms. The first-order valence-electron chi connectivity index (χ1n) is 9.09. The number of carbonyl (C=O) groups is 1. The average molecular weight is 333 g/mol. The Kier molecular flexibility index (Phi) is 6.60. The molecule has 2 rings (SSSR count). The number of pyridine rings is 1. The Morgan fingerprint density at radius 3 is 2.79 bits per heavy atom. The summed E-state index contributed by atoms with van der Waals surface area (Å²) >= 11 is 0. The first kappa shape index (κ1) is 18.7. The Labute approximate surface area is 145 Å². The Morgan fingerprint density at radius 1 is 1.42 bits per heavy atom. The molecule has 1 saturated carbocycles. The van der Waals surface area contributed by atoms with E-state index in [1.165, 1.54) is 12.8 Å². The Hall–Kier alpha value is -1.62. The zero-order valence-corrected chi connectivity index (χ0v) is 15.2. The van der Waals surface area contributed by atoms with Crippen molar-refractivity contribution in [3.05, 3.63) is 23.9 Å². The van der Waals surface area contributed by atoms with E-state index < -0.39 is 5.54 Å². The quantitative estimate of drug-likeness (QED) is 0.803. The molecule has 1 aromatic heterocycles. The summed E-state index contributed by atoms with van der Waals surface area (Å²) in [6, 6.07) is 3.80. The highest BCUT2D eigenvalue weighted by atomic mass is 16.5. The molecule has 1 aliphatic rings. The van der Waals surface area contributed by atoms with Gasteiger partial charge >= 0.3 is 0 Å². The topological polar surface area (TPSA) is 77.2 Å². The standard InChI is InChI=1S/C19H31N3O2/c1-4-10-19(3,20)18(23)22-13-15-9-11-21-17(12-15)24-16-7-5-14(2)6-8-16/h9,11-12,14,16H,4-8,10,13,20H2,1-3H3,(H,22,23). The SMILES string of the molecule is CCCC(C)(N)C(=O)NCc1ccnc(OC2CCC(C)CC2)c1. The van der Waals surface area contributed by atoms with Gasteiger partial charge in [-0.25, -0.2) is 4.98 Å². The summed E-state index contributed by atoms with van der Waals surface area (Å²) in [7, 11) is 0. The molecular weight excluding hydrogens is 302 g/mol. The van der Waals surface area contributed by atoms with E-state index in [9.17, 15) is 4.79 Å². The third kappa shape index (κ3) is 5.48. The van der Waals surface area contributed by atoms with Crippen LogP contribution < -0.4 is 15.8 Å². The summed E-state index contributed by atoms with van der Waals surface area (Å²) < 4.78 is 6.01. The van der Waals surface area contributed by atoms with Crippen LogP contribution in [0.4, 0.5) is 0 Å². The van der Waals surface area contributed by atoms with Crippen molar-refractivity contribution in [1.82, 2.24) is 10.3 Å². The van der Waals surface area contributed by atoms with E-state index in [0.717, 1.165) is 30.7 Å². The number of nitrogens with one attached hydrogen (secondary N) is 1. The van der Waals surface area contributed by atoms with Crippen molar-refractivity contribution in [3.8, 4) is 5.88 Å². The van der Waals surface area contributed by atoms with Gasteiger partial charge in [0.1, 0.15) is 6.10 Å². The molecule has 24 heavy (non-hydrogen) atoms. The molecule has 0 radical (unpaired) electrons. The molecule has 0 saturated heterocycles. The van der Waals surface area contributed by atoms with Crippen LogP contribution in [0.15, 0.2) is 18.3 Å². The van der Waals surface area contributed by atoms with Crippen molar-refractivity contribution >= 4 is 5.91 Å². The van der Waals surface area contributed by atoms with Crippen LogP contribution in [0.2, 0.25) is 0 Å². The van der Waals surface area contributed by atoms with Gasteiger partial charge in [-0.1, -0.05) is 20.3 Å². The first-order chi connectivity index (χ1) is 11.4. The highest BCUT2D eigenvalue weighted by Crippen LogP contribution is 2.26. The lowest BCUT2D eigenvalue weighted by molar-refractivity contribution is -0.126. The summed E-state index contributed by atoms with van der Waals surface area (Å²) in [5.74, 6) is 1.32. The Bertz CT molecular complexity index is 537. The maximum Gasteiger partial charge on any atom is 0.240 e. The second kappa shape index (κ2) is 8.47. The molecule has 5 nitrogen and oxygen atoms in total. The number of nitrogens with two attached hydrogens (primary N) is 1. The van der Waals surface area contributed by atoms with Gasteiger partial charge in [0.25, 0.3) is 0 Å². The fourth-order valence-corrected chi connectivity index (χ4v) is 3.16. The highest BCUT2D eigenvalue weighted by molar-refractivity contribution is 5.85. The smallest absolute Gasteiger partial charge is 0.240 e. The van der Waals surface area contributed by atoms with Crippen molar-refractivity contribution in [2.75, 3.05) is 0 Å². The second-order valence-corrected chi connectivity index (χ2v) is 7.35. The number of hydrogen-bond donors (Lipinski definition) is 2. The molecule has 134 valence electrons. The van der Waals surface area contributed by atoms with Crippen molar-refractivity contribution in [2.45, 2.75) is 77.5 Å². The summed E-state index contributed by atoms with van der Waals surface area (Å²) in [5, 5.41) is 2.91. The molecule has 1 heterocycles. The molecule has 0 aromatic carbocycles. The number of nitrogens with zero attached hydrogens (tertiary/aromatic N) is 1. The van der Waals surface area contributed by atoms with E-state index in [1.54, 1.807) is 13.1 Å². The number of aromatic nitrogens is 1.